The van der Waals surface area contributed by atoms with Crippen molar-refractivity contribution < 1.29 is 17.9 Å². The van der Waals surface area contributed by atoms with Gasteiger partial charge in [0, 0.05) is 24.3 Å². The third-order valence-corrected chi connectivity index (χ3v) is 8.29. The standard InChI is InChI=1S/C16H28N2O4S.ClH/c1-3-22-13-11-12(15(13)5-4-6-15)18-14(19)16(23(2,20)21)7-9-17-10-8-16;/h12-13,17H,3-11H2,1-2H3,(H,18,19);1H. The molecule has 140 valence electrons. The molecule has 1 spiro atoms. The molecule has 2 saturated carbocycles. The number of hydrogen-bond acceptors (Lipinski definition) is 5. The van der Waals surface area contributed by atoms with E-state index < -0.39 is 14.6 Å². The van der Waals surface area contributed by atoms with Gasteiger partial charge in [-0.05, 0) is 52.1 Å². The van der Waals surface area contributed by atoms with Crippen LogP contribution in [0.4, 0.5) is 0 Å². The highest BCUT2D eigenvalue weighted by molar-refractivity contribution is 7.92. The van der Waals surface area contributed by atoms with Crippen molar-refractivity contribution in [2.75, 3.05) is 26.0 Å². The molecular weight excluding hydrogens is 352 g/mol. The molecule has 8 heteroatoms. The predicted octanol–water partition coefficient (Wildman–Crippen LogP) is 1.04. The average molecular weight is 381 g/mol. The van der Waals surface area contributed by atoms with Crippen molar-refractivity contribution in [2.24, 2.45) is 5.41 Å². The molecule has 24 heavy (non-hydrogen) atoms. The van der Waals surface area contributed by atoms with E-state index in [4.69, 9.17) is 4.74 Å². The summed E-state index contributed by atoms with van der Waals surface area (Å²) in [5.41, 5.74) is 0.0529. The Labute approximate surface area is 150 Å². The number of carbonyl (C=O) groups excluding carboxylic acids is 1. The third-order valence-electron chi connectivity index (χ3n) is 6.28. The Bertz CT molecular complexity index is 571. The van der Waals surface area contributed by atoms with E-state index in [1.54, 1.807) is 0 Å². The topological polar surface area (TPSA) is 84.5 Å². The number of nitrogens with one attached hydrogen (secondary N) is 2. The highest BCUT2D eigenvalue weighted by Gasteiger charge is 2.60. The van der Waals surface area contributed by atoms with Gasteiger partial charge < -0.3 is 15.4 Å². The minimum absolute atomic E-state index is 0. The Hall–Kier alpha value is -0.370. The van der Waals surface area contributed by atoms with Gasteiger partial charge in [-0.15, -0.1) is 12.4 Å². The third kappa shape index (κ3) is 2.97. The summed E-state index contributed by atoms with van der Waals surface area (Å²) in [5.74, 6) is -0.298. The van der Waals surface area contributed by atoms with E-state index in [-0.39, 0.29) is 35.9 Å². The molecule has 2 aliphatic carbocycles. The van der Waals surface area contributed by atoms with Crippen LogP contribution in [0.1, 0.15) is 45.4 Å². The number of ether oxygens (including phenoxy) is 1. The van der Waals surface area contributed by atoms with Crippen molar-refractivity contribution in [1.29, 1.82) is 0 Å². The van der Waals surface area contributed by atoms with E-state index in [0.717, 1.165) is 25.7 Å². The number of piperidine rings is 1. The van der Waals surface area contributed by atoms with Crippen LogP contribution in [0.5, 0.6) is 0 Å². The maximum Gasteiger partial charge on any atom is 0.241 e. The SMILES string of the molecule is CCOC1CC(NC(=O)C2(S(C)(=O)=O)CCNCC2)C12CCC2.Cl. The van der Waals surface area contributed by atoms with Crippen LogP contribution < -0.4 is 10.6 Å². The van der Waals surface area contributed by atoms with E-state index in [0.29, 0.717) is 32.5 Å². The van der Waals surface area contributed by atoms with Crippen LogP contribution in [0.2, 0.25) is 0 Å². The summed E-state index contributed by atoms with van der Waals surface area (Å²) in [4.78, 5) is 12.9. The van der Waals surface area contributed by atoms with Crippen molar-refractivity contribution in [3.05, 3.63) is 0 Å². The molecule has 1 amide bonds. The average Bonchev–Trinajstić information content (AvgIpc) is 2.43. The number of halogens is 1. The minimum atomic E-state index is -3.45. The molecule has 2 atom stereocenters. The van der Waals surface area contributed by atoms with Gasteiger partial charge in [0.2, 0.25) is 5.91 Å². The second kappa shape index (κ2) is 7.09. The molecule has 0 bridgehead atoms. The van der Waals surface area contributed by atoms with Crippen LogP contribution >= 0.6 is 12.4 Å². The summed E-state index contributed by atoms with van der Waals surface area (Å²) in [5, 5.41) is 6.23. The predicted molar refractivity (Wildman–Crippen MR) is 95.2 cm³/mol. The second-order valence-corrected chi connectivity index (χ2v) is 9.63. The highest BCUT2D eigenvalue weighted by Crippen LogP contribution is 2.57. The smallest absolute Gasteiger partial charge is 0.241 e. The molecule has 3 rings (SSSR count). The van der Waals surface area contributed by atoms with Crippen LogP contribution in [0.3, 0.4) is 0 Å². The normalized spacial score (nSPS) is 30.6. The molecule has 1 heterocycles. The molecule has 0 radical (unpaired) electrons. The van der Waals surface area contributed by atoms with E-state index >= 15 is 0 Å². The van der Waals surface area contributed by atoms with Crippen molar-refractivity contribution in [3.8, 4) is 0 Å². The van der Waals surface area contributed by atoms with Crippen LogP contribution in [0.25, 0.3) is 0 Å². The first-order valence-electron chi connectivity index (χ1n) is 8.69. The monoisotopic (exact) mass is 380 g/mol. The highest BCUT2D eigenvalue weighted by atomic mass is 35.5. The zero-order valence-corrected chi connectivity index (χ0v) is 16.1. The zero-order valence-electron chi connectivity index (χ0n) is 14.5. The van der Waals surface area contributed by atoms with Crippen molar-refractivity contribution in [1.82, 2.24) is 10.6 Å². The molecule has 3 aliphatic rings. The van der Waals surface area contributed by atoms with Gasteiger partial charge >= 0.3 is 0 Å². The summed E-state index contributed by atoms with van der Waals surface area (Å²) < 4.78 is 29.2. The first-order chi connectivity index (χ1) is 10.9. The Morgan fingerprint density at radius 3 is 2.33 bits per heavy atom. The van der Waals surface area contributed by atoms with Gasteiger partial charge in [0.25, 0.3) is 0 Å². The fraction of sp³-hybridized carbons (Fsp3) is 0.938. The molecule has 1 aliphatic heterocycles. The number of sulfone groups is 1. The van der Waals surface area contributed by atoms with Gasteiger partial charge in [-0.25, -0.2) is 8.42 Å². The molecular formula is C16H29ClN2O4S. The van der Waals surface area contributed by atoms with Crippen LogP contribution in [-0.2, 0) is 19.4 Å². The lowest BCUT2D eigenvalue weighted by atomic mass is 9.51. The molecule has 6 nitrogen and oxygen atoms in total. The van der Waals surface area contributed by atoms with Crippen molar-refractivity contribution in [3.63, 3.8) is 0 Å². The van der Waals surface area contributed by atoms with Gasteiger partial charge in [-0.1, -0.05) is 6.42 Å². The number of carbonyl (C=O) groups is 1. The van der Waals surface area contributed by atoms with Crippen LogP contribution in [0, 0.1) is 5.41 Å². The molecule has 1 saturated heterocycles. The zero-order chi connectivity index (χ0) is 16.7. The molecule has 2 N–H and O–H groups in total. The fourth-order valence-corrected chi connectivity index (χ4v) is 5.87. The maximum absolute atomic E-state index is 12.9. The van der Waals surface area contributed by atoms with Gasteiger partial charge in [-0.3, -0.25) is 4.79 Å². The lowest BCUT2D eigenvalue weighted by Crippen LogP contribution is -2.70. The van der Waals surface area contributed by atoms with Crippen molar-refractivity contribution >= 4 is 28.2 Å². The van der Waals surface area contributed by atoms with Crippen LogP contribution in [-0.4, -0.2) is 57.2 Å². The lowest BCUT2D eigenvalue weighted by molar-refractivity contribution is -0.176. The van der Waals surface area contributed by atoms with Crippen LogP contribution in [0.15, 0.2) is 0 Å². The second-order valence-electron chi connectivity index (χ2n) is 7.31. The number of amides is 1. The summed E-state index contributed by atoms with van der Waals surface area (Å²) in [7, 11) is -3.45. The Morgan fingerprint density at radius 2 is 1.88 bits per heavy atom. The van der Waals surface area contributed by atoms with E-state index in [2.05, 4.69) is 10.6 Å². The van der Waals surface area contributed by atoms with E-state index in [1.165, 1.54) is 6.26 Å². The molecule has 0 aromatic carbocycles. The van der Waals surface area contributed by atoms with Gasteiger partial charge in [0.05, 0.1) is 6.10 Å². The largest absolute Gasteiger partial charge is 0.378 e. The number of rotatable bonds is 5. The fourth-order valence-electron chi connectivity index (χ4n) is 4.53. The molecule has 2 unspecified atom stereocenters. The maximum atomic E-state index is 12.9. The first kappa shape index (κ1) is 19.9. The summed E-state index contributed by atoms with van der Waals surface area (Å²) in [6.07, 6.45) is 6.22. The summed E-state index contributed by atoms with van der Waals surface area (Å²) in [6, 6.07) is 0.0637. The lowest BCUT2D eigenvalue weighted by Gasteiger charge is -2.61. The quantitative estimate of drug-likeness (QED) is 0.744. The Balaban J connectivity index is 0.00000208. The minimum Gasteiger partial charge on any atom is -0.378 e. The van der Waals surface area contributed by atoms with Crippen molar-refractivity contribution in [2.45, 2.75) is 62.3 Å². The Morgan fingerprint density at radius 1 is 1.25 bits per heavy atom. The van der Waals surface area contributed by atoms with E-state index in [9.17, 15) is 13.2 Å². The van der Waals surface area contributed by atoms with Gasteiger partial charge in [0.1, 0.15) is 0 Å². The van der Waals surface area contributed by atoms with Gasteiger partial charge in [0.15, 0.2) is 14.6 Å². The van der Waals surface area contributed by atoms with E-state index in [1.807, 2.05) is 6.92 Å². The molecule has 0 aromatic heterocycles. The Kier molecular flexibility index (Phi) is 5.90. The van der Waals surface area contributed by atoms with Gasteiger partial charge in [-0.2, -0.15) is 0 Å². The molecule has 0 aromatic rings. The summed E-state index contributed by atoms with van der Waals surface area (Å²) in [6.45, 7) is 3.81. The number of hydrogen-bond donors (Lipinski definition) is 2. The summed E-state index contributed by atoms with van der Waals surface area (Å²) >= 11 is 0. The first-order valence-corrected chi connectivity index (χ1v) is 10.6. The molecule has 3 fully saturated rings.